The van der Waals surface area contributed by atoms with Gasteiger partial charge >= 0.3 is 0 Å². The highest BCUT2D eigenvalue weighted by Crippen LogP contribution is 2.30. The van der Waals surface area contributed by atoms with Crippen molar-refractivity contribution in [1.82, 2.24) is 15.5 Å². The lowest BCUT2D eigenvalue weighted by Crippen LogP contribution is -2.40. The lowest BCUT2D eigenvalue weighted by Gasteiger charge is -2.26. The Morgan fingerprint density at radius 1 is 1.28 bits per heavy atom. The van der Waals surface area contributed by atoms with Crippen LogP contribution < -0.4 is 14.8 Å². The Hall–Kier alpha value is -3.22. The van der Waals surface area contributed by atoms with E-state index < -0.39 is 0 Å². The van der Waals surface area contributed by atoms with Crippen LogP contribution in [-0.4, -0.2) is 35.4 Å². The number of hydrogen-bond acceptors (Lipinski definition) is 5. The topological polar surface area (TPSA) is 89.4 Å². The molecule has 1 atom stereocenters. The summed E-state index contributed by atoms with van der Waals surface area (Å²) in [6.45, 7) is 2.57. The monoisotopic (exact) mass is 339 g/mol. The quantitative estimate of drug-likeness (QED) is 0.762. The highest BCUT2D eigenvalue weighted by molar-refractivity contribution is 5.93. The highest BCUT2D eigenvalue weighted by Gasteiger charge is 2.22. The van der Waals surface area contributed by atoms with Crippen molar-refractivity contribution in [3.8, 4) is 23.0 Å². The molecule has 3 aromatic rings. The molecule has 128 valence electrons. The largest absolute Gasteiger partial charge is 0.486 e. The number of ether oxygens (including phenoxy) is 2. The molecule has 7 heteroatoms. The molecule has 1 aliphatic rings. The molecule has 0 spiro atoms. The summed E-state index contributed by atoms with van der Waals surface area (Å²) < 4.78 is 17.0. The van der Waals surface area contributed by atoms with Crippen LogP contribution in [0.25, 0.3) is 11.5 Å². The first-order chi connectivity index (χ1) is 12.2. The number of carbonyl (C=O) groups is 1. The van der Waals surface area contributed by atoms with Crippen molar-refractivity contribution >= 4 is 5.91 Å². The number of furan rings is 1. The van der Waals surface area contributed by atoms with Crippen molar-refractivity contribution in [1.29, 1.82) is 0 Å². The molecule has 25 heavy (non-hydrogen) atoms. The zero-order valence-electron chi connectivity index (χ0n) is 13.6. The maximum absolute atomic E-state index is 12.3. The van der Waals surface area contributed by atoms with Crippen LogP contribution in [0.15, 0.2) is 46.9 Å². The lowest BCUT2D eigenvalue weighted by molar-refractivity contribution is 0.0786. The number of hydrogen-bond donors (Lipinski definition) is 2. The van der Waals surface area contributed by atoms with Gasteiger partial charge in [-0.25, -0.2) is 0 Å². The van der Waals surface area contributed by atoms with Gasteiger partial charge < -0.3 is 19.2 Å². The number of fused-ring (bicyclic) bond motifs is 1. The fourth-order valence-corrected chi connectivity index (χ4v) is 2.60. The number of aryl methyl sites for hydroxylation is 1. The third-order valence-corrected chi connectivity index (χ3v) is 3.87. The normalized spacial score (nSPS) is 15.8. The van der Waals surface area contributed by atoms with Crippen LogP contribution >= 0.6 is 0 Å². The third-order valence-electron chi connectivity index (χ3n) is 3.87. The number of H-pyrrole nitrogens is 1. The van der Waals surface area contributed by atoms with Crippen molar-refractivity contribution in [3.63, 3.8) is 0 Å². The molecule has 0 radical (unpaired) electrons. The maximum atomic E-state index is 12.3. The zero-order valence-corrected chi connectivity index (χ0v) is 13.6. The Labute approximate surface area is 143 Å². The summed E-state index contributed by atoms with van der Waals surface area (Å²) in [5.74, 6) is 2.56. The summed E-state index contributed by atoms with van der Waals surface area (Å²) in [6, 6.07) is 12.8. The molecule has 3 heterocycles. The van der Waals surface area contributed by atoms with E-state index >= 15 is 0 Å². The molecular weight excluding hydrogens is 322 g/mol. The zero-order chi connectivity index (χ0) is 17.2. The summed E-state index contributed by atoms with van der Waals surface area (Å²) in [7, 11) is 0. The maximum Gasteiger partial charge on any atom is 0.271 e. The Balaban J connectivity index is 1.36. The van der Waals surface area contributed by atoms with E-state index in [-0.39, 0.29) is 12.0 Å². The molecule has 1 aromatic carbocycles. The van der Waals surface area contributed by atoms with E-state index in [1.54, 1.807) is 6.07 Å². The number of carbonyl (C=O) groups excluding carboxylic acids is 1. The van der Waals surface area contributed by atoms with Crippen LogP contribution in [0.4, 0.5) is 0 Å². The van der Waals surface area contributed by atoms with Gasteiger partial charge in [-0.2, -0.15) is 5.10 Å². The van der Waals surface area contributed by atoms with Gasteiger partial charge in [0.1, 0.15) is 24.2 Å². The molecule has 1 aliphatic heterocycles. The number of amides is 1. The number of aromatic nitrogens is 2. The van der Waals surface area contributed by atoms with E-state index in [0.717, 1.165) is 11.5 Å². The minimum atomic E-state index is -0.284. The number of rotatable bonds is 4. The van der Waals surface area contributed by atoms with Gasteiger partial charge in [-0.05, 0) is 31.2 Å². The molecule has 7 nitrogen and oxygen atoms in total. The van der Waals surface area contributed by atoms with Gasteiger partial charge in [0.15, 0.2) is 23.0 Å². The van der Waals surface area contributed by atoms with Crippen LogP contribution in [-0.2, 0) is 0 Å². The predicted octanol–water partition coefficient (Wildman–Crippen LogP) is 2.55. The average Bonchev–Trinajstić information content (AvgIpc) is 3.28. The standard InChI is InChI=1S/C18H17N3O4/c1-11-6-7-15(24-11)13-8-14(21-20-13)18(22)19-9-12-10-23-16-4-2-3-5-17(16)25-12/h2-8,12H,9-10H2,1H3,(H,19,22)(H,20,21)/t12-/m1/s1. The second kappa shape index (κ2) is 6.35. The summed E-state index contributed by atoms with van der Waals surface area (Å²) in [4.78, 5) is 12.3. The first-order valence-corrected chi connectivity index (χ1v) is 7.98. The first-order valence-electron chi connectivity index (χ1n) is 7.98. The SMILES string of the molecule is Cc1ccc(-c2cc(C(=O)NC[C@@H]3COc4ccccc4O3)n[nH]2)o1. The van der Waals surface area contributed by atoms with Gasteiger partial charge in [0.2, 0.25) is 0 Å². The molecule has 0 bridgehead atoms. The van der Waals surface area contributed by atoms with E-state index in [1.165, 1.54) is 0 Å². The van der Waals surface area contributed by atoms with Crippen molar-refractivity contribution < 1.29 is 18.7 Å². The molecule has 0 unspecified atom stereocenters. The fraction of sp³-hybridized carbons (Fsp3) is 0.222. The number of nitrogens with zero attached hydrogens (tertiary/aromatic N) is 1. The number of nitrogens with one attached hydrogen (secondary N) is 2. The molecule has 0 aliphatic carbocycles. The van der Waals surface area contributed by atoms with Crippen molar-refractivity contribution in [2.75, 3.05) is 13.2 Å². The van der Waals surface area contributed by atoms with Crippen LogP contribution in [0, 0.1) is 6.92 Å². The fourth-order valence-electron chi connectivity index (χ4n) is 2.60. The van der Waals surface area contributed by atoms with Gasteiger partial charge in [-0.3, -0.25) is 9.89 Å². The van der Waals surface area contributed by atoms with E-state index in [0.29, 0.717) is 36.0 Å². The van der Waals surface area contributed by atoms with Crippen molar-refractivity contribution in [2.45, 2.75) is 13.0 Å². The molecule has 1 amide bonds. The molecule has 4 rings (SSSR count). The Kier molecular flexibility index (Phi) is 3.89. The molecule has 0 saturated heterocycles. The Bertz CT molecular complexity index is 899. The Morgan fingerprint density at radius 3 is 2.92 bits per heavy atom. The summed E-state index contributed by atoms with van der Waals surface area (Å²) in [5, 5.41) is 9.65. The summed E-state index contributed by atoms with van der Waals surface area (Å²) >= 11 is 0. The summed E-state index contributed by atoms with van der Waals surface area (Å²) in [6.07, 6.45) is -0.245. The first kappa shape index (κ1) is 15.3. The van der Waals surface area contributed by atoms with Crippen LogP contribution in [0.1, 0.15) is 16.2 Å². The van der Waals surface area contributed by atoms with Gasteiger partial charge in [0.05, 0.1) is 6.54 Å². The van der Waals surface area contributed by atoms with Gasteiger partial charge in [-0.1, -0.05) is 12.1 Å². The van der Waals surface area contributed by atoms with Gasteiger partial charge in [0.25, 0.3) is 5.91 Å². The Morgan fingerprint density at radius 2 is 2.12 bits per heavy atom. The molecule has 2 aromatic heterocycles. The van der Waals surface area contributed by atoms with E-state index in [2.05, 4.69) is 15.5 Å². The van der Waals surface area contributed by atoms with Crippen LogP contribution in [0.3, 0.4) is 0 Å². The number of aromatic amines is 1. The lowest BCUT2D eigenvalue weighted by atomic mass is 10.2. The average molecular weight is 339 g/mol. The smallest absolute Gasteiger partial charge is 0.271 e. The highest BCUT2D eigenvalue weighted by atomic mass is 16.6. The second-order valence-corrected chi connectivity index (χ2v) is 5.78. The van der Waals surface area contributed by atoms with Crippen LogP contribution in [0.2, 0.25) is 0 Å². The minimum Gasteiger partial charge on any atom is -0.486 e. The van der Waals surface area contributed by atoms with Gasteiger partial charge in [-0.15, -0.1) is 0 Å². The molecular formula is C18H17N3O4. The number of para-hydroxylation sites is 2. The second-order valence-electron chi connectivity index (χ2n) is 5.78. The minimum absolute atomic E-state index is 0.245. The number of benzene rings is 1. The molecule has 0 saturated carbocycles. The van der Waals surface area contributed by atoms with Gasteiger partial charge in [0, 0.05) is 6.07 Å². The van der Waals surface area contributed by atoms with Crippen molar-refractivity contribution in [2.24, 2.45) is 0 Å². The predicted molar refractivity (Wildman–Crippen MR) is 89.7 cm³/mol. The van der Waals surface area contributed by atoms with Crippen molar-refractivity contribution in [3.05, 3.63) is 53.9 Å². The van der Waals surface area contributed by atoms with E-state index in [9.17, 15) is 4.79 Å². The van der Waals surface area contributed by atoms with Crippen LogP contribution in [0.5, 0.6) is 11.5 Å². The van der Waals surface area contributed by atoms with E-state index in [4.69, 9.17) is 13.9 Å². The molecule has 0 fully saturated rings. The third kappa shape index (κ3) is 3.21. The van der Waals surface area contributed by atoms with E-state index in [1.807, 2.05) is 43.3 Å². The summed E-state index contributed by atoms with van der Waals surface area (Å²) in [5.41, 5.74) is 0.950. The molecule has 2 N–H and O–H groups in total.